The first-order valence-electron chi connectivity index (χ1n) is 11.6. The Kier molecular flexibility index (Phi) is 6.74. The van der Waals surface area contributed by atoms with E-state index in [1.165, 1.54) is 5.56 Å². The van der Waals surface area contributed by atoms with Crippen molar-refractivity contribution >= 4 is 22.9 Å². The number of allylic oxidation sites excluding steroid dienone is 3. The highest BCUT2D eigenvalue weighted by Crippen LogP contribution is 2.46. The van der Waals surface area contributed by atoms with Crippen LogP contribution >= 0.6 is 11.3 Å². The number of thiophene rings is 1. The first-order valence-corrected chi connectivity index (χ1v) is 12.5. The second kappa shape index (κ2) is 10.3. The van der Waals surface area contributed by atoms with Crippen LogP contribution in [0.3, 0.4) is 0 Å². The maximum absolute atomic E-state index is 13.2. The van der Waals surface area contributed by atoms with Crippen molar-refractivity contribution in [2.45, 2.75) is 12.8 Å². The van der Waals surface area contributed by atoms with Gasteiger partial charge in [0.2, 0.25) is 0 Å². The molecule has 0 saturated carbocycles. The van der Waals surface area contributed by atoms with Gasteiger partial charge in [0.05, 0.1) is 19.1 Å². The van der Waals surface area contributed by atoms with E-state index in [0.717, 1.165) is 33.1 Å². The van der Waals surface area contributed by atoms with Gasteiger partial charge in [-0.2, -0.15) is 0 Å². The molecule has 4 nitrogen and oxygen atoms in total. The summed E-state index contributed by atoms with van der Waals surface area (Å²) in [5.74, 6) is 2.48. The van der Waals surface area contributed by atoms with E-state index >= 15 is 0 Å². The van der Waals surface area contributed by atoms with Gasteiger partial charge in [-0.15, -0.1) is 11.3 Å². The summed E-state index contributed by atoms with van der Waals surface area (Å²) < 4.78 is 17.2. The van der Waals surface area contributed by atoms with Gasteiger partial charge < -0.3 is 14.2 Å². The molecule has 180 valence electrons. The average molecular weight is 495 g/mol. The summed E-state index contributed by atoms with van der Waals surface area (Å²) in [6.07, 6.45) is 3.51. The molecule has 0 unspecified atom stereocenters. The first-order chi connectivity index (χ1) is 17.6. The zero-order chi connectivity index (χ0) is 25.1. The lowest BCUT2D eigenvalue weighted by molar-refractivity contribution is 0.104. The summed E-state index contributed by atoms with van der Waals surface area (Å²) in [5, 5.41) is 2.03. The van der Waals surface area contributed by atoms with Gasteiger partial charge in [-0.3, -0.25) is 4.79 Å². The zero-order valence-corrected chi connectivity index (χ0v) is 21.2. The highest BCUT2D eigenvalue weighted by atomic mass is 32.1. The lowest BCUT2D eigenvalue weighted by atomic mass is 9.81. The fourth-order valence-corrected chi connectivity index (χ4v) is 5.15. The quantitative estimate of drug-likeness (QED) is 0.198. The van der Waals surface area contributed by atoms with Crippen LogP contribution in [0.15, 0.2) is 102 Å². The van der Waals surface area contributed by atoms with Crippen molar-refractivity contribution in [1.29, 1.82) is 0 Å². The molecule has 0 radical (unpaired) electrons. The Morgan fingerprint density at radius 1 is 0.917 bits per heavy atom. The number of para-hydroxylation sites is 1. The molecule has 0 fully saturated rings. The third-order valence-corrected chi connectivity index (χ3v) is 7.12. The van der Waals surface area contributed by atoms with E-state index in [1.807, 2.05) is 41.8 Å². The van der Waals surface area contributed by atoms with Gasteiger partial charge >= 0.3 is 0 Å². The summed E-state index contributed by atoms with van der Waals surface area (Å²) in [6.45, 7) is 2.08. The fraction of sp³-hybridized carbons (Fsp3) is 0.129. The number of carbonyl (C=O) groups is 1. The number of ether oxygens (including phenoxy) is 3. The van der Waals surface area contributed by atoms with Crippen LogP contribution in [0.25, 0.3) is 5.76 Å². The zero-order valence-electron chi connectivity index (χ0n) is 20.4. The Hall–Kier alpha value is -4.09. The molecule has 0 amide bonds. The summed E-state index contributed by atoms with van der Waals surface area (Å²) in [4.78, 5) is 14.3. The molecule has 0 spiro atoms. The summed E-state index contributed by atoms with van der Waals surface area (Å²) in [6, 6.07) is 25.9. The van der Waals surface area contributed by atoms with E-state index in [9.17, 15) is 4.79 Å². The predicted octanol–water partition coefficient (Wildman–Crippen LogP) is 7.45. The van der Waals surface area contributed by atoms with Gasteiger partial charge in [0.1, 0.15) is 11.5 Å². The second-order valence-electron chi connectivity index (χ2n) is 8.51. The molecule has 36 heavy (non-hydrogen) atoms. The third kappa shape index (κ3) is 4.58. The fourth-order valence-electron chi connectivity index (χ4n) is 4.42. The van der Waals surface area contributed by atoms with Crippen molar-refractivity contribution < 1.29 is 19.0 Å². The lowest BCUT2D eigenvalue weighted by Crippen LogP contribution is -2.15. The van der Waals surface area contributed by atoms with Crippen molar-refractivity contribution in [3.8, 4) is 17.2 Å². The number of methoxy groups -OCH3 is 2. The van der Waals surface area contributed by atoms with Crippen LogP contribution in [0.4, 0.5) is 0 Å². The molecule has 0 N–H and O–H groups in total. The molecular formula is C31H26O4S. The maximum atomic E-state index is 13.2. The van der Waals surface area contributed by atoms with Crippen molar-refractivity contribution in [3.05, 3.63) is 129 Å². The van der Waals surface area contributed by atoms with Crippen LogP contribution < -0.4 is 14.2 Å². The van der Waals surface area contributed by atoms with Crippen LogP contribution in [0, 0.1) is 6.92 Å². The average Bonchev–Trinajstić information content (AvgIpc) is 3.46. The molecule has 0 bridgehead atoms. The summed E-state index contributed by atoms with van der Waals surface area (Å²) in [5.41, 5.74) is 4.87. The largest absolute Gasteiger partial charge is 0.493 e. The molecule has 0 saturated heterocycles. The smallest absolute Gasteiger partial charge is 0.185 e. The third-order valence-electron chi connectivity index (χ3n) is 6.25. The monoisotopic (exact) mass is 494 g/mol. The van der Waals surface area contributed by atoms with Gasteiger partial charge in [0.25, 0.3) is 0 Å². The van der Waals surface area contributed by atoms with E-state index in [-0.39, 0.29) is 11.7 Å². The van der Waals surface area contributed by atoms with Crippen LogP contribution in [-0.2, 0) is 0 Å². The number of hydrogen-bond acceptors (Lipinski definition) is 5. The van der Waals surface area contributed by atoms with Gasteiger partial charge in [0, 0.05) is 22.6 Å². The van der Waals surface area contributed by atoms with Crippen molar-refractivity contribution in [1.82, 2.24) is 0 Å². The summed E-state index contributed by atoms with van der Waals surface area (Å²) >= 11 is 1.62. The Bertz CT molecular complexity index is 1450. The van der Waals surface area contributed by atoms with Crippen molar-refractivity contribution in [2.24, 2.45) is 0 Å². The number of fused-ring (bicyclic) bond motifs is 1. The lowest BCUT2D eigenvalue weighted by Gasteiger charge is -2.30. The molecule has 5 heteroatoms. The highest BCUT2D eigenvalue weighted by Gasteiger charge is 2.30. The maximum Gasteiger partial charge on any atom is 0.185 e. The molecule has 3 aromatic carbocycles. The van der Waals surface area contributed by atoms with Crippen LogP contribution in [0.5, 0.6) is 17.2 Å². The predicted molar refractivity (Wildman–Crippen MR) is 144 cm³/mol. The minimum absolute atomic E-state index is 0.0814. The molecule has 0 aliphatic carbocycles. The van der Waals surface area contributed by atoms with Crippen molar-refractivity contribution in [3.63, 3.8) is 0 Å². The van der Waals surface area contributed by atoms with Crippen LogP contribution in [-0.4, -0.2) is 20.0 Å². The number of rotatable bonds is 7. The van der Waals surface area contributed by atoms with E-state index in [2.05, 4.69) is 37.3 Å². The SMILES string of the molecule is COc1ccc(C(=O)/C=C/C2=C(c3cccs3)Oc3ccccc3[C@@H]2c2ccc(C)cc2)cc1OC. The molecule has 1 aliphatic heterocycles. The Morgan fingerprint density at radius 2 is 1.69 bits per heavy atom. The number of hydrogen-bond donors (Lipinski definition) is 0. The van der Waals surface area contributed by atoms with Gasteiger partial charge in [-0.05, 0) is 54.3 Å². The topological polar surface area (TPSA) is 44.8 Å². The second-order valence-corrected chi connectivity index (χ2v) is 9.46. The van der Waals surface area contributed by atoms with Crippen LogP contribution in [0.1, 0.15) is 37.8 Å². The molecule has 1 aliphatic rings. The molecule has 4 aromatic rings. The Balaban J connectivity index is 1.62. The number of benzene rings is 3. The standard InChI is InChI=1S/C31H26O4S/c1-20-10-12-21(13-11-20)30-23-7-4-5-8-26(23)35-31(29-9-6-18-36-29)24(30)15-16-25(32)22-14-17-27(33-2)28(19-22)34-3/h4-19,30H,1-3H3/b16-15+/t30-/m0/s1. The molecule has 1 aromatic heterocycles. The number of aryl methyl sites for hydroxylation is 1. The normalized spacial score (nSPS) is 14.9. The van der Waals surface area contributed by atoms with Gasteiger partial charge in [-0.1, -0.05) is 60.2 Å². The minimum Gasteiger partial charge on any atom is -0.493 e. The van der Waals surface area contributed by atoms with E-state index < -0.39 is 0 Å². The number of carbonyl (C=O) groups excluding carboxylic acids is 1. The first kappa shape index (κ1) is 23.6. The molecule has 2 heterocycles. The highest BCUT2D eigenvalue weighted by molar-refractivity contribution is 7.11. The Labute approximate surface area is 215 Å². The summed E-state index contributed by atoms with van der Waals surface area (Å²) in [7, 11) is 3.13. The van der Waals surface area contributed by atoms with E-state index in [0.29, 0.717) is 17.1 Å². The van der Waals surface area contributed by atoms with Crippen LogP contribution in [0.2, 0.25) is 0 Å². The minimum atomic E-state index is -0.129. The molecule has 5 rings (SSSR count). The Morgan fingerprint density at radius 3 is 2.42 bits per heavy atom. The molecular weight excluding hydrogens is 468 g/mol. The van der Waals surface area contributed by atoms with Gasteiger partial charge in [0.15, 0.2) is 17.3 Å². The van der Waals surface area contributed by atoms with Crippen molar-refractivity contribution in [2.75, 3.05) is 14.2 Å². The van der Waals surface area contributed by atoms with E-state index in [1.54, 1.807) is 49.8 Å². The van der Waals surface area contributed by atoms with E-state index in [4.69, 9.17) is 14.2 Å². The molecule has 1 atom stereocenters. The van der Waals surface area contributed by atoms with Gasteiger partial charge in [-0.25, -0.2) is 0 Å². The number of ketones is 1.